The SMILES string of the molecule is COc1c(CCC(=O)O)c(C(C)C)nn1-c1ccccc1F. The normalized spacial score (nSPS) is 11.0. The van der Waals surface area contributed by atoms with E-state index in [0.29, 0.717) is 17.9 Å². The van der Waals surface area contributed by atoms with E-state index in [2.05, 4.69) is 5.10 Å². The van der Waals surface area contributed by atoms with E-state index < -0.39 is 11.8 Å². The maximum atomic E-state index is 14.0. The lowest BCUT2D eigenvalue weighted by Gasteiger charge is -2.08. The molecule has 1 aromatic carbocycles. The van der Waals surface area contributed by atoms with Crippen LogP contribution in [0.3, 0.4) is 0 Å². The fraction of sp³-hybridized carbons (Fsp3) is 0.375. The number of methoxy groups -OCH3 is 1. The number of nitrogens with zero attached hydrogens (tertiary/aromatic N) is 2. The largest absolute Gasteiger partial charge is 0.481 e. The van der Waals surface area contributed by atoms with Crippen LogP contribution in [-0.2, 0) is 11.2 Å². The molecule has 1 N–H and O–H groups in total. The molecular formula is C16H19FN2O3. The third-order valence-electron chi connectivity index (χ3n) is 3.38. The zero-order valence-electron chi connectivity index (χ0n) is 12.8. The van der Waals surface area contributed by atoms with Gasteiger partial charge in [-0.25, -0.2) is 4.39 Å². The van der Waals surface area contributed by atoms with Gasteiger partial charge in [-0.1, -0.05) is 26.0 Å². The number of ether oxygens (including phenoxy) is 1. The Balaban J connectivity index is 2.58. The van der Waals surface area contributed by atoms with Crippen LogP contribution in [0.4, 0.5) is 4.39 Å². The molecule has 2 aromatic rings. The molecule has 0 amide bonds. The quantitative estimate of drug-likeness (QED) is 0.890. The molecule has 2 rings (SSSR count). The number of halogens is 1. The average molecular weight is 306 g/mol. The van der Waals surface area contributed by atoms with Crippen molar-refractivity contribution in [1.29, 1.82) is 0 Å². The molecule has 0 saturated carbocycles. The van der Waals surface area contributed by atoms with Gasteiger partial charge in [0.1, 0.15) is 11.5 Å². The van der Waals surface area contributed by atoms with Gasteiger partial charge in [0.2, 0.25) is 5.88 Å². The third kappa shape index (κ3) is 3.10. The fourth-order valence-electron chi connectivity index (χ4n) is 2.38. The minimum Gasteiger partial charge on any atom is -0.481 e. The third-order valence-corrected chi connectivity index (χ3v) is 3.38. The molecule has 0 unspecified atom stereocenters. The predicted octanol–water partition coefficient (Wildman–Crippen LogP) is 3.16. The maximum Gasteiger partial charge on any atom is 0.303 e. The van der Waals surface area contributed by atoms with E-state index in [0.717, 1.165) is 5.69 Å². The number of hydrogen-bond acceptors (Lipinski definition) is 3. The number of hydrogen-bond donors (Lipinski definition) is 1. The van der Waals surface area contributed by atoms with E-state index in [1.807, 2.05) is 13.8 Å². The van der Waals surface area contributed by atoms with Crippen molar-refractivity contribution in [2.45, 2.75) is 32.6 Å². The minimum atomic E-state index is -0.893. The maximum absolute atomic E-state index is 14.0. The summed E-state index contributed by atoms with van der Waals surface area (Å²) in [6.45, 7) is 3.91. The Morgan fingerprint density at radius 3 is 2.64 bits per heavy atom. The molecule has 1 heterocycles. The molecule has 0 fully saturated rings. The summed E-state index contributed by atoms with van der Waals surface area (Å²) in [6, 6.07) is 6.27. The molecule has 0 atom stereocenters. The summed E-state index contributed by atoms with van der Waals surface area (Å²) in [6.07, 6.45) is 0.263. The van der Waals surface area contributed by atoms with E-state index in [1.165, 1.54) is 17.9 Å². The molecule has 118 valence electrons. The number of benzene rings is 1. The minimum absolute atomic E-state index is 0.0287. The van der Waals surface area contributed by atoms with Crippen LogP contribution in [0.2, 0.25) is 0 Å². The zero-order chi connectivity index (χ0) is 16.3. The summed E-state index contributed by atoms with van der Waals surface area (Å²) >= 11 is 0. The molecule has 5 nitrogen and oxygen atoms in total. The van der Waals surface area contributed by atoms with Crippen molar-refractivity contribution in [1.82, 2.24) is 9.78 Å². The van der Waals surface area contributed by atoms with Gasteiger partial charge in [0, 0.05) is 12.0 Å². The first-order valence-electron chi connectivity index (χ1n) is 7.08. The van der Waals surface area contributed by atoms with Crippen LogP contribution in [0, 0.1) is 5.82 Å². The Labute approximate surface area is 128 Å². The van der Waals surface area contributed by atoms with Crippen LogP contribution >= 0.6 is 0 Å². The monoisotopic (exact) mass is 306 g/mol. The van der Waals surface area contributed by atoms with E-state index in [9.17, 15) is 9.18 Å². The van der Waals surface area contributed by atoms with Crippen molar-refractivity contribution < 1.29 is 19.0 Å². The Morgan fingerprint density at radius 1 is 1.41 bits per heavy atom. The Morgan fingerprint density at radius 2 is 2.09 bits per heavy atom. The molecule has 0 bridgehead atoms. The standard InChI is InChI=1S/C16H19FN2O3/c1-10(2)15-11(8-9-14(20)21)16(22-3)19(18-15)13-7-5-4-6-12(13)17/h4-7,10H,8-9H2,1-3H3,(H,20,21). The first kappa shape index (κ1) is 16.0. The van der Waals surface area contributed by atoms with Crippen molar-refractivity contribution in [2.75, 3.05) is 7.11 Å². The second-order valence-corrected chi connectivity index (χ2v) is 5.28. The van der Waals surface area contributed by atoms with Gasteiger partial charge in [-0.2, -0.15) is 9.78 Å². The van der Waals surface area contributed by atoms with Gasteiger partial charge in [0.25, 0.3) is 0 Å². The summed E-state index contributed by atoms with van der Waals surface area (Å²) in [5, 5.41) is 13.4. The first-order chi connectivity index (χ1) is 10.5. The highest BCUT2D eigenvalue weighted by Gasteiger charge is 2.23. The topological polar surface area (TPSA) is 64.3 Å². The predicted molar refractivity (Wildman–Crippen MR) is 80.1 cm³/mol. The summed E-state index contributed by atoms with van der Waals surface area (Å²) in [7, 11) is 1.47. The zero-order valence-corrected chi connectivity index (χ0v) is 12.8. The van der Waals surface area contributed by atoms with Gasteiger partial charge >= 0.3 is 5.97 Å². The van der Waals surface area contributed by atoms with Gasteiger partial charge in [-0.15, -0.1) is 0 Å². The number of carboxylic acid groups (broad SMARTS) is 1. The summed E-state index contributed by atoms with van der Waals surface area (Å²) in [5.41, 5.74) is 1.72. The highest BCUT2D eigenvalue weighted by atomic mass is 19.1. The Bertz CT molecular complexity index is 680. The lowest BCUT2D eigenvalue weighted by atomic mass is 10.0. The number of carboxylic acids is 1. The van der Waals surface area contributed by atoms with Crippen LogP contribution in [0.5, 0.6) is 5.88 Å². The molecule has 0 aliphatic heterocycles. The Kier molecular flexibility index (Phi) is 4.80. The van der Waals surface area contributed by atoms with Crippen molar-refractivity contribution in [3.8, 4) is 11.6 Å². The van der Waals surface area contributed by atoms with Gasteiger partial charge in [-0.05, 0) is 24.5 Å². The van der Waals surface area contributed by atoms with Gasteiger partial charge in [0.05, 0.1) is 12.8 Å². The molecule has 1 aromatic heterocycles. The van der Waals surface area contributed by atoms with Crippen molar-refractivity contribution in [2.24, 2.45) is 0 Å². The van der Waals surface area contributed by atoms with Crippen LogP contribution in [-0.4, -0.2) is 28.0 Å². The van der Waals surface area contributed by atoms with Crippen molar-refractivity contribution >= 4 is 5.97 Å². The molecule has 0 radical (unpaired) electrons. The highest BCUT2D eigenvalue weighted by molar-refractivity contribution is 5.67. The number of para-hydroxylation sites is 1. The van der Waals surface area contributed by atoms with Crippen LogP contribution in [0.1, 0.15) is 37.4 Å². The van der Waals surface area contributed by atoms with Crippen LogP contribution in [0.25, 0.3) is 5.69 Å². The average Bonchev–Trinajstić information content (AvgIpc) is 2.84. The molecular weight excluding hydrogens is 287 g/mol. The summed E-state index contributed by atoms with van der Waals surface area (Å²) in [5.74, 6) is -0.848. The molecule has 0 saturated heterocycles. The van der Waals surface area contributed by atoms with Gasteiger partial charge < -0.3 is 9.84 Å². The smallest absolute Gasteiger partial charge is 0.303 e. The number of aliphatic carboxylic acids is 1. The lowest BCUT2D eigenvalue weighted by Crippen LogP contribution is -2.04. The molecule has 0 aliphatic carbocycles. The summed E-state index contributed by atoms with van der Waals surface area (Å²) in [4.78, 5) is 10.9. The second-order valence-electron chi connectivity index (χ2n) is 5.28. The summed E-state index contributed by atoms with van der Waals surface area (Å²) < 4.78 is 20.8. The molecule has 0 spiro atoms. The van der Waals surface area contributed by atoms with Crippen molar-refractivity contribution in [3.63, 3.8) is 0 Å². The molecule has 0 aliphatic rings. The highest BCUT2D eigenvalue weighted by Crippen LogP contribution is 2.32. The fourth-order valence-corrected chi connectivity index (χ4v) is 2.38. The van der Waals surface area contributed by atoms with Crippen molar-refractivity contribution in [3.05, 3.63) is 41.3 Å². The van der Waals surface area contributed by atoms with E-state index in [-0.39, 0.29) is 18.0 Å². The lowest BCUT2D eigenvalue weighted by molar-refractivity contribution is -0.136. The van der Waals surface area contributed by atoms with E-state index >= 15 is 0 Å². The van der Waals surface area contributed by atoms with E-state index in [4.69, 9.17) is 9.84 Å². The molecule has 22 heavy (non-hydrogen) atoms. The second kappa shape index (κ2) is 6.60. The number of carbonyl (C=O) groups is 1. The van der Waals surface area contributed by atoms with Crippen LogP contribution in [0.15, 0.2) is 24.3 Å². The van der Waals surface area contributed by atoms with Crippen LogP contribution < -0.4 is 4.74 Å². The number of aromatic nitrogens is 2. The Hall–Kier alpha value is -2.37. The molecule has 6 heteroatoms. The van der Waals surface area contributed by atoms with E-state index in [1.54, 1.807) is 18.2 Å². The first-order valence-corrected chi connectivity index (χ1v) is 7.08. The van der Waals surface area contributed by atoms with Gasteiger partial charge in [0.15, 0.2) is 0 Å². The van der Waals surface area contributed by atoms with Gasteiger partial charge in [-0.3, -0.25) is 4.79 Å². The number of rotatable bonds is 6.